The first-order valence-electron chi connectivity index (χ1n) is 20.3. The number of hydrogen-bond acceptors (Lipinski definition) is 0. The van der Waals surface area contributed by atoms with Gasteiger partial charge in [0, 0.05) is 0 Å². The van der Waals surface area contributed by atoms with Gasteiger partial charge in [-0.05, 0) is 172 Å². The highest BCUT2D eigenvalue weighted by molar-refractivity contribution is 6.39. The Labute approximate surface area is 334 Å². The van der Waals surface area contributed by atoms with Gasteiger partial charge in [0.05, 0.1) is 0 Å². The van der Waals surface area contributed by atoms with Crippen molar-refractivity contribution >= 4 is 46.1 Å². The first-order valence-corrected chi connectivity index (χ1v) is 20.3. The van der Waals surface area contributed by atoms with Crippen LogP contribution in [0.3, 0.4) is 0 Å². The number of benzene rings is 7. The van der Waals surface area contributed by atoms with E-state index in [1.807, 2.05) is 0 Å². The Morgan fingerprint density at radius 2 is 0.614 bits per heavy atom. The molecule has 7 aromatic carbocycles. The first kappa shape index (κ1) is 32.2. The summed E-state index contributed by atoms with van der Waals surface area (Å²) in [7, 11) is 0. The van der Waals surface area contributed by atoms with Crippen LogP contribution in [0.25, 0.3) is 68.3 Å². The van der Waals surface area contributed by atoms with Gasteiger partial charge in [-0.15, -0.1) is 0 Å². The normalized spacial score (nSPS) is 15.4. The predicted octanol–water partition coefficient (Wildman–Crippen LogP) is 14.1. The van der Waals surface area contributed by atoms with Crippen LogP contribution in [0.4, 0.5) is 0 Å². The number of rotatable bonds is 6. The molecule has 5 aliphatic rings. The molecule has 0 heteroatoms. The van der Waals surface area contributed by atoms with Gasteiger partial charge < -0.3 is 0 Å². The monoisotopic (exact) mass is 722 g/mol. The molecule has 0 N–H and O–H groups in total. The molecule has 0 saturated carbocycles. The molecular formula is C57H38. The van der Waals surface area contributed by atoms with Crippen LogP contribution in [0, 0.1) is 0 Å². The second-order valence-electron chi connectivity index (χ2n) is 15.9. The molecule has 0 atom stereocenters. The van der Waals surface area contributed by atoms with E-state index in [-0.39, 0.29) is 0 Å². The molecule has 0 bridgehead atoms. The molecule has 0 aromatic heterocycles. The van der Waals surface area contributed by atoms with E-state index >= 15 is 0 Å². The predicted molar refractivity (Wildman–Crippen MR) is 241 cm³/mol. The number of hydrogen-bond donors (Lipinski definition) is 0. The van der Waals surface area contributed by atoms with E-state index in [1.165, 1.54) is 122 Å². The molecule has 5 aliphatic carbocycles. The summed E-state index contributed by atoms with van der Waals surface area (Å²) >= 11 is 0. The largest absolute Gasteiger partial charge is 0.0795 e. The summed E-state index contributed by atoms with van der Waals surface area (Å²) in [5, 5.41) is 0. The van der Waals surface area contributed by atoms with E-state index in [9.17, 15) is 0 Å². The van der Waals surface area contributed by atoms with Gasteiger partial charge in [0.25, 0.3) is 0 Å². The van der Waals surface area contributed by atoms with Crippen molar-refractivity contribution in [3.05, 3.63) is 248 Å². The number of fused-ring (bicyclic) bond motifs is 6. The maximum Gasteiger partial charge on any atom is -0.000137 e. The molecule has 0 fully saturated rings. The molecule has 266 valence electrons. The van der Waals surface area contributed by atoms with Gasteiger partial charge in [-0.2, -0.15) is 0 Å². The summed E-state index contributed by atoms with van der Waals surface area (Å²) in [4.78, 5) is 0. The summed E-state index contributed by atoms with van der Waals surface area (Å²) < 4.78 is 0. The smallest absolute Gasteiger partial charge is 0.000137 e. The Balaban J connectivity index is 1.26. The minimum Gasteiger partial charge on any atom is -0.0795 e. The standard InChI is InChI=1S/C57H38/c1-4-13-39(14-5-1)48-34-50-51(35-49(48)40-15-6-2-7-16-40)56-53(41-17-8-3-9-18-41)54(46-29-26-37-20-11-23-43(37)32-46)55(47-30-27-38-21-12-24-44(38)33-47)57(56)52(50)45-28-25-36-19-10-22-42(36)31-45/h1-18,22-35H,19-21H2. The highest BCUT2D eigenvalue weighted by Gasteiger charge is 2.41. The van der Waals surface area contributed by atoms with Crippen molar-refractivity contribution < 1.29 is 0 Å². The third-order valence-electron chi connectivity index (χ3n) is 12.6. The summed E-state index contributed by atoms with van der Waals surface area (Å²) in [6, 6.07) is 59.7. The third kappa shape index (κ3) is 5.07. The molecule has 7 aromatic rings. The minimum absolute atomic E-state index is 0.990. The summed E-state index contributed by atoms with van der Waals surface area (Å²) in [5.74, 6) is 0. The van der Waals surface area contributed by atoms with Crippen molar-refractivity contribution in [3.8, 4) is 22.3 Å². The average molecular weight is 723 g/mol. The second-order valence-corrected chi connectivity index (χ2v) is 15.9. The lowest BCUT2D eigenvalue weighted by Crippen LogP contribution is -1.98. The number of allylic oxidation sites excluding steroid dienone is 8. The SMILES string of the molecule is C1=Cc2cc(C3=C(c4ccc5c(c4)C=CC5)C(c4ccccc4)=C4C3=C(c3ccc5c(c3)C=CC5)c3cc(-c5ccccc5)c(-c5ccccc5)cc34)ccc2C1. The molecule has 0 radical (unpaired) electrons. The molecule has 0 saturated heterocycles. The van der Waals surface area contributed by atoms with E-state index in [0.717, 1.165) is 19.3 Å². The van der Waals surface area contributed by atoms with Crippen molar-refractivity contribution in [2.24, 2.45) is 0 Å². The molecule has 0 amide bonds. The molecule has 12 rings (SSSR count). The molecule has 0 nitrogen and oxygen atoms in total. The Bertz CT molecular complexity index is 3030. The van der Waals surface area contributed by atoms with Crippen molar-refractivity contribution in [3.63, 3.8) is 0 Å². The van der Waals surface area contributed by atoms with E-state index in [2.05, 4.69) is 194 Å². The van der Waals surface area contributed by atoms with Crippen molar-refractivity contribution in [1.29, 1.82) is 0 Å². The highest BCUT2D eigenvalue weighted by Crippen LogP contribution is 2.63. The van der Waals surface area contributed by atoms with E-state index in [4.69, 9.17) is 0 Å². The third-order valence-corrected chi connectivity index (χ3v) is 12.6. The Morgan fingerprint density at radius 3 is 1.07 bits per heavy atom. The molecule has 0 aliphatic heterocycles. The van der Waals surface area contributed by atoms with Crippen LogP contribution in [-0.4, -0.2) is 0 Å². The van der Waals surface area contributed by atoms with Gasteiger partial charge >= 0.3 is 0 Å². The van der Waals surface area contributed by atoms with Crippen molar-refractivity contribution in [2.75, 3.05) is 0 Å². The quantitative estimate of drug-likeness (QED) is 0.160. The lowest BCUT2D eigenvalue weighted by atomic mass is 9.83. The van der Waals surface area contributed by atoms with E-state index in [1.54, 1.807) is 0 Å². The second kappa shape index (κ2) is 12.8. The fourth-order valence-electron chi connectivity index (χ4n) is 9.99. The molecule has 0 heterocycles. The van der Waals surface area contributed by atoms with Crippen LogP contribution in [0.15, 0.2) is 182 Å². The van der Waals surface area contributed by atoms with Crippen LogP contribution >= 0.6 is 0 Å². The fourth-order valence-corrected chi connectivity index (χ4v) is 9.99. The average Bonchev–Trinajstić information content (AvgIpc) is 4.12. The van der Waals surface area contributed by atoms with Crippen LogP contribution in [-0.2, 0) is 19.3 Å². The van der Waals surface area contributed by atoms with Crippen LogP contribution < -0.4 is 0 Å². The lowest BCUT2D eigenvalue weighted by Gasteiger charge is -2.19. The zero-order valence-electron chi connectivity index (χ0n) is 31.6. The maximum absolute atomic E-state index is 2.52. The molecule has 57 heavy (non-hydrogen) atoms. The van der Waals surface area contributed by atoms with Gasteiger partial charge in [-0.3, -0.25) is 0 Å². The van der Waals surface area contributed by atoms with Crippen molar-refractivity contribution in [2.45, 2.75) is 19.3 Å². The first-order chi connectivity index (χ1) is 28.3. The Hall–Kier alpha value is -7.02. The van der Waals surface area contributed by atoms with Gasteiger partial charge in [0.2, 0.25) is 0 Å². The summed E-state index contributed by atoms with van der Waals surface area (Å²) in [6.07, 6.45) is 16.8. The van der Waals surface area contributed by atoms with Crippen LogP contribution in [0.1, 0.15) is 66.8 Å². The van der Waals surface area contributed by atoms with Gasteiger partial charge in [0.1, 0.15) is 0 Å². The van der Waals surface area contributed by atoms with Gasteiger partial charge in [0.15, 0.2) is 0 Å². The molecule has 0 spiro atoms. The van der Waals surface area contributed by atoms with Crippen molar-refractivity contribution in [1.82, 2.24) is 0 Å². The fraction of sp³-hybridized carbons (Fsp3) is 0.0526. The molecular weight excluding hydrogens is 685 g/mol. The maximum atomic E-state index is 2.52. The minimum atomic E-state index is 0.990. The Morgan fingerprint density at radius 1 is 0.246 bits per heavy atom. The highest BCUT2D eigenvalue weighted by atomic mass is 14.4. The zero-order chi connectivity index (χ0) is 37.5. The van der Waals surface area contributed by atoms with E-state index in [0.29, 0.717) is 0 Å². The van der Waals surface area contributed by atoms with E-state index < -0.39 is 0 Å². The zero-order valence-corrected chi connectivity index (χ0v) is 31.6. The molecule has 0 unspecified atom stereocenters. The van der Waals surface area contributed by atoms with Crippen LogP contribution in [0.5, 0.6) is 0 Å². The van der Waals surface area contributed by atoms with Gasteiger partial charge in [-0.25, -0.2) is 0 Å². The van der Waals surface area contributed by atoms with Gasteiger partial charge in [-0.1, -0.05) is 164 Å². The Kier molecular flexibility index (Phi) is 7.22. The lowest BCUT2D eigenvalue weighted by molar-refractivity contribution is 1.30. The summed E-state index contributed by atoms with van der Waals surface area (Å²) in [6.45, 7) is 0. The van der Waals surface area contributed by atoms with Crippen LogP contribution in [0.2, 0.25) is 0 Å². The summed E-state index contributed by atoms with van der Waals surface area (Å²) in [5.41, 5.74) is 28.7. The topological polar surface area (TPSA) is 0 Å².